The number of carbonyl (C=O) groups is 3. The number of carbonyl (C=O) groups excluding carboxylic acids is 2. The second kappa shape index (κ2) is 32.0. The van der Waals surface area contributed by atoms with E-state index in [-0.39, 0.29) is 18.0 Å². The normalized spacial score (nSPS) is 13.2. The van der Waals surface area contributed by atoms with Crippen LogP contribution in [0.4, 0.5) is 0 Å². The molecule has 44 heavy (non-hydrogen) atoms. The highest BCUT2D eigenvalue weighted by Gasteiger charge is 2.18. The van der Waals surface area contributed by atoms with Crippen molar-refractivity contribution in [3.8, 4) is 0 Å². The number of rotatable bonds is 31. The fraction of sp³-hybridized carbons (Fsp3) is 0.757. The van der Waals surface area contributed by atoms with Gasteiger partial charge in [0.2, 0.25) is 5.91 Å². The lowest BCUT2D eigenvalue weighted by Crippen LogP contribution is -2.40. The van der Waals surface area contributed by atoms with Crippen molar-refractivity contribution in [3.63, 3.8) is 0 Å². The third-order valence-electron chi connectivity index (χ3n) is 7.68. The van der Waals surface area contributed by atoms with Crippen molar-refractivity contribution in [3.05, 3.63) is 36.5 Å². The predicted molar refractivity (Wildman–Crippen MR) is 183 cm³/mol. The number of unbranched alkanes of at least 4 members (excludes halogenated alkanes) is 15. The first-order valence-electron chi connectivity index (χ1n) is 17.8. The summed E-state index contributed by atoms with van der Waals surface area (Å²) in [5.74, 6) is -1.40. The standard InChI is InChI=1S/C37H66N2O5/c1-3-5-7-9-10-11-12-13-14-15-16-21-25-31-36(41)44-33(27-22-18-8-6-4-2)28-23-19-17-20-24-30-35(40)39-34(37(42)43)29-26-32-38/h6,8,22-23,27-28,33-34H,3-5,7,9-21,24-26,29-32,38H2,1-2H3,(H,39,40)(H,42,43)/b8-6-,27-22-,28-23-. The summed E-state index contributed by atoms with van der Waals surface area (Å²) in [6, 6.07) is -0.872. The number of aliphatic carboxylic acids is 1. The molecule has 2 unspecified atom stereocenters. The van der Waals surface area contributed by atoms with Crippen molar-refractivity contribution >= 4 is 17.8 Å². The van der Waals surface area contributed by atoms with Gasteiger partial charge in [-0.3, -0.25) is 9.59 Å². The molecule has 0 saturated carbocycles. The molecule has 7 heteroatoms. The maximum Gasteiger partial charge on any atom is 0.326 e. The Bertz CT molecular complexity index is 793. The van der Waals surface area contributed by atoms with Crippen LogP contribution in [0.3, 0.4) is 0 Å². The van der Waals surface area contributed by atoms with Gasteiger partial charge in [0.1, 0.15) is 12.1 Å². The maximum atomic E-state index is 12.5. The molecule has 0 aliphatic heterocycles. The van der Waals surface area contributed by atoms with Gasteiger partial charge in [-0.1, -0.05) is 122 Å². The van der Waals surface area contributed by atoms with Crippen LogP contribution in [0.1, 0.15) is 162 Å². The van der Waals surface area contributed by atoms with E-state index in [1.807, 2.05) is 24.3 Å². The lowest BCUT2D eigenvalue weighted by Gasteiger charge is -2.13. The van der Waals surface area contributed by atoms with Gasteiger partial charge < -0.3 is 20.9 Å². The summed E-state index contributed by atoms with van der Waals surface area (Å²) in [6.07, 6.45) is 35.2. The Balaban J connectivity index is 4.25. The molecule has 0 radical (unpaired) electrons. The highest BCUT2D eigenvalue weighted by Crippen LogP contribution is 2.14. The number of ether oxygens (including phenoxy) is 1. The van der Waals surface area contributed by atoms with Crippen LogP contribution in [0.25, 0.3) is 0 Å². The molecular formula is C37H66N2O5. The molecule has 0 heterocycles. The van der Waals surface area contributed by atoms with Crippen molar-refractivity contribution in [1.82, 2.24) is 5.32 Å². The van der Waals surface area contributed by atoms with Crippen molar-refractivity contribution in [1.29, 1.82) is 0 Å². The fourth-order valence-electron chi connectivity index (χ4n) is 5.00. The lowest BCUT2D eigenvalue weighted by molar-refractivity contribution is -0.145. The average molecular weight is 619 g/mol. The van der Waals surface area contributed by atoms with Gasteiger partial charge in [0, 0.05) is 12.8 Å². The van der Waals surface area contributed by atoms with E-state index >= 15 is 0 Å². The van der Waals surface area contributed by atoms with E-state index < -0.39 is 12.0 Å². The van der Waals surface area contributed by atoms with Crippen LogP contribution in [0, 0.1) is 0 Å². The molecule has 0 saturated heterocycles. The molecule has 254 valence electrons. The van der Waals surface area contributed by atoms with Crippen LogP contribution in [-0.2, 0) is 19.1 Å². The number of amides is 1. The van der Waals surface area contributed by atoms with E-state index in [0.717, 1.165) is 44.9 Å². The van der Waals surface area contributed by atoms with Gasteiger partial charge in [-0.05, 0) is 70.1 Å². The van der Waals surface area contributed by atoms with Crippen LogP contribution in [0.15, 0.2) is 36.5 Å². The fourth-order valence-corrected chi connectivity index (χ4v) is 5.00. The zero-order valence-electron chi connectivity index (χ0n) is 28.2. The summed E-state index contributed by atoms with van der Waals surface area (Å²) >= 11 is 0. The number of nitrogens with one attached hydrogen (secondary N) is 1. The third-order valence-corrected chi connectivity index (χ3v) is 7.68. The van der Waals surface area contributed by atoms with Crippen LogP contribution >= 0.6 is 0 Å². The van der Waals surface area contributed by atoms with E-state index in [1.54, 1.807) is 0 Å². The molecule has 0 aliphatic rings. The molecule has 0 rings (SSSR count). The van der Waals surface area contributed by atoms with Crippen molar-refractivity contribution in [2.75, 3.05) is 6.54 Å². The largest absolute Gasteiger partial charge is 0.480 e. The van der Waals surface area contributed by atoms with Gasteiger partial charge >= 0.3 is 11.9 Å². The summed E-state index contributed by atoms with van der Waals surface area (Å²) in [7, 11) is 0. The maximum absolute atomic E-state index is 12.5. The molecule has 4 N–H and O–H groups in total. The monoisotopic (exact) mass is 618 g/mol. The predicted octanol–water partition coefficient (Wildman–Crippen LogP) is 9.11. The molecule has 0 bridgehead atoms. The number of hydrogen-bond donors (Lipinski definition) is 3. The summed E-state index contributed by atoms with van der Waals surface area (Å²) in [4.78, 5) is 35.9. The Kier molecular flexibility index (Phi) is 30.2. The first kappa shape index (κ1) is 41.6. The molecule has 0 aromatic carbocycles. The smallest absolute Gasteiger partial charge is 0.326 e. The topological polar surface area (TPSA) is 119 Å². The second-order valence-corrected chi connectivity index (χ2v) is 11.9. The molecule has 7 nitrogen and oxygen atoms in total. The van der Waals surface area contributed by atoms with Crippen LogP contribution in [-0.4, -0.2) is 41.6 Å². The van der Waals surface area contributed by atoms with Crippen molar-refractivity contribution in [2.24, 2.45) is 5.73 Å². The van der Waals surface area contributed by atoms with Gasteiger partial charge in [-0.2, -0.15) is 0 Å². The van der Waals surface area contributed by atoms with E-state index in [2.05, 4.69) is 31.3 Å². The summed E-state index contributed by atoms with van der Waals surface area (Å²) in [5.41, 5.74) is 5.45. The Morgan fingerprint density at radius 2 is 1.27 bits per heavy atom. The Hall–Kier alpha value is -2.41. The van der Waals surface area contributed by atoms with Crippen molar-refractivity contribution in [2.45, 2.75) is 174 Å². The Morgan fingerprint density at radius 3 is 1.86 bits per heavy atom. The van der Waals surface area contributed by atoms with Crippen LogP contribution in [0.2, 0.25) is 0 Å². The second-order valence-electron chi connectivity index (χ2n) is 11.9. The highest BCUT2D eigenvalue weighted by molar-refractivity contribution is 5.83. The minimum Gasteiger partial charge on any atom is -0.480 e. The SMILES string of the molecule is CC/C=C\C/C=C\C(/C=C\CCCCCC(=O)NC(CCCN)C(=O)O)OC(=O)CCCCCCCCCCCCCCC. The summed E-state index contributed by atoms with van der Waals surface area (Å²) in [6.45, 7) is 4.77. The molecule has 1 amide bonds. The summed E-state index contributed by atoms with van der Waals surface area (Å²) in [5, 5.41) is 11.8. The van der Waals surface area contributed by atoms with Gasteiger partial charge in [0.15, 0.2) is 0 Å². The number of esters is 1. The minimum atomic E-state index is -1.02. The van der Waals surface area contributed by atoms with Gasteiger partial charge in [-0.15, -0.1) is 0 Å². The van der Waals surface area contributed by atoms with E-state index in [9.17, 15) is 19.5 Å². The molecule has 0 spiro atoms. The molecule has 0 aromatic heterocycles. The van der Waals surface area contributed by atoms with Crippen molar-refractivity contribution < 1.29 is 24.2 Å². The van der Waals surface area contributed by atoms with Crippen LogP contribution in [0.5, 0.6) is 0 Å². The summed E-state index contributed by atoms with van der Waals surface area (Å²) < 4.78 is 5.76. The first-order chi connectivity index (χ1) is 21.4. The van der Waals surface area contributed by atoms with Gasteiger partial charge in [0.05, 0.1) is 0 Å². The zero-order valence-corrected chi connectivity index (χ0v) is 28.2. The van der Waals surface area contributed by atoms with Crippen LogP contribution < -0.4 is 11.1 Å². The number of hydrogen-bond acceptors (Lipinski definition) is 5. The molecule has 0 fully saturated rings. The number of allylic oxidation sites excluding steroid dienone is 4. The average Bonchev–Trinajstić information content (AvgIpc) is 3.00. The quantitative estimate of drug-likeness (QED) is 0.0405. The third kappa shape index (κ3) is 28.4. The number of nitrogens with two attached hydrogens (primary N) is 1. The Labute approximate surface area is 269 Å². The molecule has 0 aromatic rings. The molecular weight excluding hydrogens is 552 g/mol. The first-order valence-corrected chi connectivity index (χ1v) is 17.8. The highest BCUT2D eigenvalue weighted by atomic mass is 16.5. The van der Waals surface area contributed by atoms with Gasteiger partial charge in [-0.25, -0.2) is 4.79 Å². The molecule has 0 aliphatic carbocycles. The minimum absolute atomic E-state index is 0.145. The lowest BCUT2D eigenvalue weighted by atomic mass is 10.0. The zero-order chi connectivity index (χ0) is 32.5. The van der Waals surface area contributed by atoms with E-state index in [0.29, 0.717) is 38.6 Å². The number of carboxylic acids is 1. The number of carboxylic acid groups (broad SMARTS) is 1. The van der Waals surface area contributed by atoms with E-state index in [4.69, 9.17) is 10.5 Å². The Morgan fingerprint density at radius 1 is 0.705 bits per heavy atom. The van der Waals surface area contributed by atoms with Gasteiger partial charge in [0.25, 0.3) is 0 Å². The van der Waals surface area contributed by atoms with E-state index in [1.165, 1.54) is 70.6 Å². The molecule has 2 atom stereocenters.